The van der Waals surface area contributed by atoms with Gasteiger partial charge in [0, 0.05) is 0 Å². The van der Waals surface area contributed by atoms with E-state index in [1.807, 2.05) is 32.0 Å². The highest BCUT2D eigenvalue weighted by Crippen LogP contribution is 2.21. The van der Waals surface area contributed by atoms with E-state index in [2.05, 4.69) is 6.07 Å². The minimum atomic E-state index is 0.281. The molecule has 0 aliphatic rings. The Hall–Kier alpha value is -1.80. The van der Waals surface area contributed by atoms with Crippen LogP contribution in [0.4, 0.5) is 0 Å². The minimum absolute atomic E-state index is 0.281. The predicted octanol–water partition coefficient (Wildman–Crippen LogP) is 2.55. The molecule has 1 aromatic carbocycles. The van der Waals surface area contributed by atoms with Crippen LogP contribution < -0.4 is 0 Å². The van der Waals surface area contributed by atoms with Crippen molar-refractivity contribution in [3.63, 3.8) is 0 Å². The Kier molecular flexibility index (Phi) is 2.67. The molecule has 0 fully saturated rings. The molecule has 0 saturated heterocycles. The van der Waals surface area contributed by atoms with Gasteiger partial charge >= 0.3 is 0 Å². The van der Waals surface area contributed by atoms with Crippen molar-refractivity contribution in [1.29, 1.82) is 10.5 Å². The van der Waals surface area contributed by atoms with Crippen LogP contribution in [-0.2, 0) is 0 Å². The highest BCUT2D eigenvalue weighted by molar-refractivity contribution is 5.51. The van der Waals surface area contributed by atoms with E-state index in [4.69, 9.17) is 10.5 Å². The fourth-order valence-electron chi connectivity index (χ4n) is 1.27. The molecule has 0 radical (unpaired) electrons. The van der Waals surface area contributed by atoms with Crippen LogP contribution in [-0.4, -0.2) is 0 Å². The molecule has 64 valence electrons. The Morgan fingerprint density at radius 2 is 1.85 bits per heavy atom. The maximum atomic E-state index is 8.88. The third-order valence-electron chi connectivity index (χ3n) is 1.95. The molecule has 0 N–H and O–H groups in total. The Morgan fingerprint density at radius 3 is 2.31 bits per heavy atom. The van der Waals surface area contributed by atoms with Crippen molar-refractivity contribution < 1.29 is 0 Å². The summed E-state index contributed by atoms with van der Waals surface area (Å²) < 4.78 is 0. The van der Waals surface area contributed by atoms with Gasteiger partial charge in [-0.1, -0.05) is 26.0 Å². The molecule has 2 heteroatoms. The highest BCUT2D eigenvalue weighted by Gasteiger charge is 2.09. The first kappa shape index (κ1) is 9.29. The quantitative estimate of drug-likeness (QED) is 0.650. The summed E-state index contributed by atoms with van der Waals surface area (Å²) >= 11 is 0. The van der Waals surface area contributed by atoms with Crippen LogP contribution in [0, 0.1) is 22.7 Å². The lowest BCUT2D eigenvalue weighted by Gasteiger charge is -2.07. The zero-order valence-electron chi connectivity index (χ0n) is 7.70. The van der Waals surface area contributed by atoms with Crippen molar-refractivity contribution in [2.45, 2.75) is 19.8 Å². The summed E-state index contributed by atoms with van der Waals surface area (Å²) in [4.78, 5) is 0. The normalized spacial score (nSPS) is 9.31. The van der Waals surface area contributed by atoms with E-state index in [0.717, 1.165) is 5.56 Å². The molecule has 0 unspecified atom stereocenters. The van der Waals surface area contributed by atoms with Crippen LogP contribution in [0.15, 0.2) is 18.2 Å². The Balaban J connectivity index is 3.40. The van der Waals surface area contributed by atoms with Gasteiger partial charge in [-0.25, -0.2) is 0 Å². The first-order chi connectivity index (χ1) is 6.20. The van der Waals surface area contributed by atoms with Gasteiger partial charge < -0.3 is 0 Å². The van der Waals surface area contributed by atoms with Crippen LogP contribution in [0.2, 0.25) is 0 Å². The lowest BCUT2D eigenvalue weighted by atomic mass is 9.94. The van der Waals surface area contributed by atoms with Gasteiger partial charge in [-0.15, -0.1) is 0 Å². The summed E-state index contributed by atoms with van der Waals surface area (Å²) in [6, 6.07) is 9.47. The van der Waals surface area contributed by atoms with Gasteiger partial charge in [-0.2, -0.15) is 10.5 Å². The number of hydrogen-bond donors (Lipinski definition) is 0. The van der Waals surface area contributed by atoms with Gasteiger partial charge in [0.05, 0.1) is 11.1 Å². The first-order valence-electron chi connectivity index (χ1n) is 4.13. The molecule has 0 atom stereocenters. The molecule has 0 bridgehead atoms. The Bertz CT molecular complexity index is 392. The molecule has 0 saturated carbocycles. The molecule has 1 rings (SSSR count). The fraction of sp³-hybridized carbons (Fsp3) is 0.273. The average molecular weight is 170 g/mol. The van der Waals surface area contributed by atoms with Crippen molar-refractivity contribution in [2.75, 3.05) is 0 Å². The molecule has 0 aliphatic carbocycles. The van der Waals surface area contributed by atoms with E-state index in [-0.39, 0.29) is 5.92 Å². The second-order valence-electron chi connectivity index (χ2n) is 3.15. The van der Waals surface area contributed by atoms with E-state index in [9.17, 15) is 0 Å². The average Bonchev–Trinajstić information content (AvgIpc) is 2.16. The van der Waals surface area contributed by atoms with Crippen LogP contribution in [0.3, 0.4) is 0 Å². The summed E-state index contributed by atoms with van der Waals surface area (Å²) in [5.74, 6) is 0.281. The molecule has 0 aromatic heterocycles. The van der Waals surface area contributed by atoms with Crippen LogP contribution >= 0.6 is 0 Å². The number of rotatable bonds is 1. The maximum absolute atomic E-state index is 8.88. The number of nitriles is 2. The first-order valence-corrected chi connectivity index (χ1v) is 4.13. The van der Waals surface area contributed by atoms with Gasteiger partial charge in [0.25, 0.3) is 0 Å². The summed E-state index contributed by atoms with van der Waals surface area (Å²) in [6.07, 6.45) is 0. The molecule has 0 heterocycles. The van der Waals surface area contributed by atoms with Gasteiger partial charge in [-0.3, -0.25) is 0 Å². The summed E-state index contributed by atoms with van der Waals surface area (Å²) in [5, 5.41) is 17.6. The van der Waals surface area contributed by atoms with E-state index in [0.29, 0.717) is 11.1 Å². The third kappa shape index (κ3) is 1.68. The standard InChI is InChI=1S/C11H10N2/c1-8(2)10-5-3-4-9(6-12)11(10)7-13/h3-5,8H,1-2H3. The Labute approximate surface area is 78.0 Å². The minimum Gasteiger partial charge on any atom is -0.192 e. The smallest absolute Gasteiger partial charge is 0.101 e. The molecular formula is C11H10N2. The van der Waals surface area contributed by atoms with Crippen molar-refractivity contribution >= 4 is 0 Å². The Morgan fingerprint density at radius 1 is 1.15 bits per heavy atom. The monoisotopic (exact) mass is 170 g/mol. The van der Waals surface area contributed by atoms with Crippen molar-refractivity contribution in [1.82, 2.24) is 0 Å². The van der Waals surface area contributed by atoms with Gasteiger partial charge in [-0.05, 0) is 17.5 Å². The molecule has 2 nitrogen and oxygen atoms in total. The van der Waals surface area contributed by atoms with Gasteiger partial charge in [0.1, 0.15) is 12.1 Å². The van der Waals surface area contributed by atoms with E-state index < -0.39 is 0 Å². The third-order valence-corrected chi connectivity index (χ3v) is 1.95. The summed E-state index contributed by atoms with van der Waals surface area (Å²) in [7, 11) is 0. The molecule has 0 spiro atoms. The fourth-order valence-corrected chi connectivity index (χ4v) is 1.27. The van der Waals surface area contributed by atoms with Crippen molar-refractivity contribution in [3.05, 3.63) is 34.9 Å². The molecular weight excluding hydrogens is 160 g/mol. The van der Waals surface area contributed by atoms with Gasteiger partial charge in [0.2, 0.25) is 0 Å². The number of nitrogens with zero attached hydrogens (tertiary/aromatic N) is 2. The maximum Gasteiger partial charge on any atom is 0.101 e. The zero-order chi connectivity index (χ0) is 9.84. The van der Waals surface area contributed by atoms with Crippen molar-refractivity contribution in [3.8, 4) is 12.1 Å². The second-order valence-corrected chi connectivity index (χ2v) is 3.15. The number of benzene rings is 1. The van der Waals surface area contributed by atoms with Crippen LogP contribution in [0.5, 0.6) is 0 Å². The van der Waals surface area contributed by atoms with Crippen molar-refractivity contribution in [2.24, 2.45) is 0 Å². The highest BCUT2D eigenvalue weighted by atomic mass is 14.3. The SMILES string of the molecule is CC(C)c1cccc(C#N)c1C#N. The topological polar surface area (TPSA) is 47.6 Å². The van der Waals surface area contributed by atoms with Crippen LogP contribution in [0.25, 0.3) is 0 Å². The van der Waals surface area contributed by atoms with E-state index >= 15 is 0 Å². The summed E-state index contributed by atoms with van der Waals surface area (Å²) in [6.45, 7) is 4.02. The molecule has 13 heavy (non-hydrogen) atoms. The lowest BCUT2D eigenvalue weighted by molar-refractivity contribution is 0.862. The van der Waals surface area contributed by atoms with E-state index in [1.54, 1.807) is 6.07 Å². The number of hydrogen-bond acceptors (Lipinski definition) is 2. The van der Waals surface area contributed by atoms with Gasteiger partial charge in [0.15, 0.2) is 0 Å². The predicted molar refractivity (Wildman–Crippen MR) is 50.0 cm³/mol. The van der Waals surface area contributed by atoms with E-state index in [1.165, 1.54) is 0 Å². The molecule has 1 aromatic rings. The largest absolute Gasteiger partial charge is 0.192 e. The molecule has 0 aliphatic heterocycles. The zero-order valence-corrected chi connectivity index (χ0v) is 7.70. The summed E-state index contributed by atoms with van der Waals surface area (Å²) in [5.41, 5.74) is 1.93. The van der Waals surface area contributed by atoms with Crippen LogP contribution in [0.1, 0.15) is 36.5 Å². The lowest BCUT2D eigenvalue weighted by Crippen LogP contribution is -1.95. The second kappa shape index (κ2) is 3.74. The molecule has 0 amide bonds.